The summed E-state index contributed by atoms with van der Waals surface area (Å²) in [5.74, 6) is -0.431. The van der Waals surface area contributed by atoms with Crippen molar-refractivity contribution in [2.24, 2.45) is 0 Å². The van der Waals surface area contributed by atoms with Crippen LogP contribution in [0.3, 0.4) is 0 Å². The van der Waals surface area contributed by atoms with Gasteiger partial charge in [0.05, 0.1) is 23.7 Å². The second-order valence-electron chi connectivity index (χ2n) is 6.57. The third-order valence-corrected chi connectivity index (χ3v) is 4.71. The number of rotatable bonds is 5. The Hall–Kier alpha value is -3.72. The fourth-order valence-electron chi connectivity index (χ4n) is 3.30. The van der Waals surface area contributed by atoms with E-state index in [1.807, 2.05) is 24.3 Å². The van der Waals surface area contributed by atoms with Crippen molar-refractivity contribution in [1.82, 2.24) is 9.88 Å². The highest BCUT2D eigenvalue weighted by atomic mass is 19.1. The van der Waals surface area contributed by atoms with Crippen LogP contribution in [0.15, 0.2) is 66.9 Å². The van der Waals surface area contributed by atoms with Gasteiger partial charge in [-0.3, -0.25) is 9.78 Å². The number of pyridine rings is 1. The van der Waals surface area contributed by atoms with Gasteiger partial charge in [-0.15, -0.1) is 0 Å². The van der Waals surface area contributed by atoms with Crippen LogP contribution in [0, 0.1) is 17.1 Å². The monoisotopic (exact) mass is 372 g/mol. The standard InChI is InChI=1S/C22H17FN4O/c23-17-7-3-16(4-8-17)14-27-21(20-19(22(27)28)2-1-13-25-20)26-18-9-5-15(6-10-18)11-12-24/h1-10,13,21,26H,11,14H2/t21-/m0/s1. The quantitative estimate of drug-likeness (QED) is 0.733. The maximum atomic E-state index is 13.2. The number of carbonyl (C=O) groups excluding carboxylic acids is 1. The van der Waals surface area contributed by atoms with Crippen molar-refractivity contribution in [3.63, 3.8) is 0 Å². The van der Waals surface area contributed by atoms with Gasteiger partial charge in [0.1, 0.15) is 12.0 Å². The number of hydrogen-bond donors (Lipinski definition) is 1. The number of fused-ring (bicyclic) bond motifs is 1. The number of nitrogens with zero attached hydrogens (tertiary/aromatic N) is 3. The summed E-state index contributed by atoms with van der Waals surface area (Å²) < 4.78 is 13.2. The van der Waals surface area contributed by atoms with Crippen molar-refractivity contribution in [3.05, 3.63) is 95.1 Å². The van der Waals surface area contributed by atoms with E-state index in [0.717, 1.165) is 16.8 Å². The van der Waals surface area contributed by atoms with E-state index in [1.165, 1.54) is 12.1 Å². The van der Waals surface area contributed by atoms with E-state index in [-0.39, 0.29) is 11.7 Å². The highest BCUT2D eigenvalue weighted by Crippen LogP contribution is 2.34. The molecule has 1 aromatic heterocycles. The first-order valence-electron chi connectivity index (χ1n) is 8.88. The number of amides is 1. The van der Waals surface area contributed by atoms with Crippen LogP contribution in [0.5, 0.6) is 0 Å². The van der Waals surface area contributed by atoms with Crippen molar-refractivity contribution < 1.29 is 9.18 Å². The molecule has 0 fully saturated rings. The van der Waals surface area contributed by atoms with Crippen LogP contribution in [0.1, 0.15) is 33.3 Å². The average Bonchev–Trinajstić information content (AvgIpc) is 2.97. The minimum absolute atomic E-state index is 0.119. The zero-order chi connectivity index (χ0) is 19.5. The highest BCUT2D eigenvalue weighted by Gasteiger charge is 2.37. The van der Waals surface area contributed by atoms with Gasteiger partial charge in [0.25, 0.3) is 5.91 Å². The van der Waals surface area contributed by atoms with Crippen LogP contribution in [-0.4, -0.2) is 15.8 Å². The Kier molecular flexibility index (Phi) is 4.73. The SMILES string of the molecule is N#CCc1ccc(N[C@@H]2c3ncccc3C(=O)N2Cc2ccc(F)cc2)cc1. The van der Waals surface area contributed by atoms with E-state index in [2.05, 4.69) is 16.4 Å². The van der Waals surface area contributed by atoms with E-state index < -0.39 is 6.17 Å². The molecule has 5 nitrogen and oxygen atoms in total. The molecule has 0 spiro atoms. The Morgan fingerprint density at radius 2 is 1.79 bits per heavy atom. The maximum absolute atomic E-state index is 13.2. The maximum Gasteiger partial charge on any atom is 0.258 e. The number of benzene rings is 2. The van der Waals surface area contributed by atoms with Crippen molar-refractivity contribution in [2.75, 3.05) is 5.32 Å². The zero-order valence-electron chi connectivity index (χ0n) is 15.0. The summed E-state index contributed by atoms with van der Waals surface area (Å²) in [6.07, 6.45) is 1.58. The third-order valence-electron chi connectivity index (χ3n) is 4.71. The van der Waals surface area contributed by atoms with Crippen molar-refractivity contribution in [1.29, 1.82) is 5.26 Å². The number of aromatic nitrogens is 1. The lowest BCUT2D eigenvalue weighted by Crippen LogP contribution is -2.32. The number of nitriles is 1. The molecular formula is C22H17FN4O. The van der Waals surface area contributed by atoms with Crippen LogP contribution in [0.25, 0.3) is 0 Å². The Morgan fingerprint density at radius 3 is 2.50 bits per heavy atom. The molecule has 0 bridgehead atoms. The molecule has 6 heteroatoms. The van der Waals surface area contributed by atoms with E-state index in [0.29, 0.717) is 24.2 Å². The fraction of sp³-hybridized carbons (Fsp3) is 0.136. The van der Waals surface area contributed by atoms with Crippen molar-refractivity contribution in [2.45, 2.75) is 19.1 Å². The Bertz CT molecular complexity index is 1040. The van der Waals surface area contributed by atoms with Gasteiger partial charge in [0.15, 0.2) is 0 Å². The molecule has 2 aromatic carbocycles. The predicted octanol–water partition coefficient (Wildman–Crippen LogP) is 4.05. The molecule has 1 N–H and O–H groups in total. The minimum Gasteiger partial charge on any atom is -0.360 e. The van der Waals surface area contributed by atoms with Crippen molar-refractivity contribution >= 4 is 11.6 Å². The molecule has 0 radical (unpaired) electrons. The molecule has 0 unspecified atom stereocenters. The average molecular weight is 372 g/mol. The number of anilines is 1. The van der Waals surface area contributed by atoms with Gasteiger partial charge in [0.2, 0.25) is 0 Å². The van der Waals surface area contributed by atoms with Gasteiger partial charge >= 0.3 is 0 Å². The Labute approximate surface area is 162 Å². The van der Waals surface area contributed by atoms with E-state index in [9.17, 15) is 9.18 Å². The number of nitrogens with one attached hydrogen (secondary N) is 1. The number of hydrogen-bond acceptors (Lipinski definition) is 4. The third kappa shape index (κ3) is 3.42. The lowest BCUT2D eigenvalue weighted by molar-refractivity contribution is 0.0727. The van der Waals surface area contributed by atoms with Crippen LogP contribution >= 0.6 is 0 Å². The van der Waals surface area contributed by atoms with Crippen LogP contribution < -0.4 is 5.32 Å². The van der Waals surface area contributed by atoms with E-state index >= 15 is 0 Å². The molecule has 3 aromatic rings. The zero-order valence-corrected chi connectivity index (χ0v) is 15.0. The lowest BCUT2D eigenvalue weighted by atomic mass is 10.1. The number of halogens is 1. The lowest BCUT2D eigenvalue weighted by Gasteiger charge is -2.26. The Balaban J connectivity index is 1.63. The van der Waals surface area contributed by atoms with Gasteiger partial charge < -0.3 is 10.2 Å². The van der Waals surface area contributed by atoms with Crippen molar-refractivity contribution in [3.8, 4) is 6.07 Å². The van der Waals surface area contributed by atoms with Crippen LogP contribution in [-0.2, 0) is 13.0 Å². The molecule has 28 heavy (non-hydrogen) atoms. The van der Waals surface area contributed by atoms with Gasteiger partial charge in [-0.25, -0.2) is 4.39 Å². The topological polar surface area (TPSA) is 69.0 Å². The summed E-state index contributed by atoms with van der Waals surface area (Å²) in [5, 5.41) is 12.2. The fourth-order valence-corrected chi connectivity index (χ4v) is 3.30. The summed E-state index contributed by atoms with van der Waals surface area (Å²) in [4.78, 5) is 19.0. The molecule has 4 rings (SSSR count). The first kappa shape index (κ1) is 17.7. The molecule has 1 amide bonds. The van der Waals surface area contributed by atoms with E-state index in [4.69, 9.17) is 5.26 Å². The summed E-state index contributed by atoms with van der Waals surface area (Å²) in [6, 6.07) is 19.3. The first-order chi connectivity index (χ1) is 13.7. The summed E-state index contributed by atoms with van der Waals surface area (Å²) in [5.41, 5.74) is 3.80. The van der Waals surface area contributed by atoms with Gasteiger partial charge in [0, 0.05) is 18.4 Å². The molecule has 0 aliphatic carbocycles. The van der Waals surface area contributed by atoms with Gasteiger partial charge in [-0.05, 0) is 47.5 Å². The van der Waals surface area contributed by atoms with Crippen LogP contribution in [0.4, 0.5) is 10.1 Å². The molecule has 0 saturated heterocycles. The van der Waals surface area contributed by atoms with Crippen LogP contribution in [0.2, 0.25) is 0 Å². The Morgan fingerprint density at radius 1 is 1.07 bits per heavy atom. The largest absolute Gasteiger partial charge is 0.360 e. The van der Waals surface area contributed by atoms with Gasteiger partial charge in [-0.1, -0.05) is 24.3 Å². The normalized spacial score (nSPS) is 15.2. The summed E-state index contributed by atoms with van der Waals surface area (Å²) >= 11 is 0. The predicted molar refractivity (Wildman–Crippen MR) is 103 cm³/mol. The molecule has 138 valence electrons. The highest BCUT2D eigenvalue weighted by molar-refractivity contribution is 5.98. The van der Waals surface area contributed by atoms with Gasteiger partial charge in [-0.2, -0.15) is 5.26 Å². The molecule has 1 atom stereocenters. The second kappa shape index (κ2) is 7.49. The molecule has 0 saturated carbocycles. The minimum atomic E-state index is -0.435. The first-order valence-corrected chi connectivity index (χ1v) is 8.88. The number of carbonyl (C=O) groups is 1. The second-order valence-corrected chi connectivity index (χ2v) is 6.57. The molecular weight excluding hydrogens is 355 g/mol. The molecule has 2 heterocycles. The molecule has 1 aliphatic heterocycles. The van der Waals surface area contributed by atoms with E-state index in [1.54, 1.807) is 35.4 Å². The summed E-state index contributed by atoms with van der Waals surface area (Å²) in [6.45, 7) is 0.333. The molecule has 1 aliphatic rings. The smallest absolute Gasteiger partial charge is 0.258 e. The summed E-state index contributed by atoms with van der Waals surface area (Å²) in [7, 11) is 0.